The highest BCUT2D eigenvalue weighted by Gasteiger charge is 2.09. The number of nitrogens with one attached hydrogen (secondary N) is 2. The van der Waals surface area contributed by atoms with E-state index < -0.39 is 0 Å². The summed E-state index contributed by atoms with van der Waals surface area (Å²) in [5, 5.41) is 5.41. The van der Waals surface area contributed by atoms with Gasteiger partial charge in [-0.2, -0.15) is 0 Å². The molecule has 3 rings (SSSR count). The molecule has 0 aromatic heterocycles. The first kappa shape index (κ1) is 18.2. The van der Waals surface area contributed by atoms with Gasteiger partial charge in [-0.25, -0.2) is 0 Å². The molecule has 5 heteroatoms. The number of ether oxygens (including phenoxy) is 1. The highest BCUT2D eigenvalue weighted by atomic mass is 16.5. The quantitative estimate of drug-likeness (QED) is 0.677. The van der Waals surface area contributed by atoms with Crippen LogP contribution in [0.1, 0.15) is 15.9 Å². The Kier molecular flexibility index (Phi) is 6.20. The van der Waals surface area contributed by atoms with E-state index in [1.54, 1.807) is 24.3 Å². The summed E-state index contributed by atoms with van der Waals surface area (Å²) in [6, 6.07) is 25.7. The maximum absolute atomic E-state index is 12.1. The minimum absolute atomic E-state index is 0.0879. The number of carbonyl (C=O) groups is 2. The van der Waals surface area contributed by atoms with Gasteiger partial charge in [-0.15, -0.1) is 0 Å². The Labute approximate surface area is 158 Å². The smallest absolute Gasteiger partial charge is 0.251 e. The maximum Gasteiger partial charge on any atom is 0.251 e. The first-order valence-electron chi connectivity index (χ1n) is 8.63. The van der Waals surface area contributed by atoms with Crippen molar-refractivity contribution in [3.8, 4) is 11.5 Å². The molecule has 0 unspecified atom stereocenters. The summed E-state index contributed by atoms with van der Waals surface area (Å²) < 4.78 is 5.88. The molecule has 3 aromatic rings. The molecule has 0 atom stereocenters. The van der Waals surface area contributed by atoms with Gasteiger partial charge in [0.1, 0.15) is 11.5 Å². The van der Waals surface area contributed by atoms with Crippen LogP contribution in [0.25, 0.3) is 0 Å². The van der Waals surface area contributed by atoms with Gasteiger partial charge in [0.25, 0.3) is 5.91 Å². The fourth-order valence-electron chi connectivity index (χ4n) is 2.47. The van der Waals surface area contributed by atoms with E-state index >= 15 is 0 Å². The van der Waals surface area contributed by atoms with E-state index in [-0.39, 0.29) is 18.4 Å². The van der Waals surface area contributed by atoms with Crippen LogP contribution in [-0.2, 0) is 11.3 Å². The average molecular weight is 360 g/mol. The molecule has 2 amide bonds. The first-order valence-corrected chi connectivity index (χ1v) is 8.63. The van der Waals surface area contributed by atoms with Gasteiger partial charge in [0.05, 0.1) is 6.54 Å². The van der Waals surface area contributed by atoms with Gasteiger partial charge in [0.15, 0.2) is 0 Å². The third-order valence-electron chi connectivity index (χ3n) is 3.87. The zero-order valence-electron chi connectivity index (χ0n) is 14.7. The second kappa shape index (κ2) is 9.20. The van der Waals surface area contributed by atoms with Gasteiger partial charge in [-0.3, -0.25) is 9.59 Å². The fourth-order valence-corrected chi connectivity index (χ4v) is 2.47. The van der Waals surface area contributed by atoms with E-state index in [0.29, 0.717) is 17.9 Å². The lowest BCUT2D eigenvalue weighted by atomic mass is 10.2. The topological polar surface area (TPSA) is 67.4 Å². The molecule has 2 N–H and O–H groups in total. The molecule has 0 saturated heterocycles. The Morgan fingerprint density at radius 3 is 2.11 bits per heavy atom. The van der Waals surface area contributed by atoms with Crippen LogP contribution in [0.5, 0.6) is 11.5 Å². The van der Waals surface area contributed by atoms with Crippen molar-refractivity contribution in [2.24, 2.45) is 0 Å². The largest absolute Gasteiger partial charge is 0.457 e. The number of carbonyl (C=O) groups excluding carboxylic acids is 2. The molecule has 136 valence electrons. The molecule has 0 aliphatic rings. The van der Waals surface area contributed by atoms with Crippen LogP contribution in [0.3, 0.4) is 0 Å². The monoisotopic (exact) mass is 360 g/mol. The third kappa shape index (κ3) is 5.44. The van der Waals surface area contributed by atoms with Crippen molar-refractivity contribution in [2.45, 2.75) is 6.54 Å². The fraction of sp³-hybridized carbons (Fsp3) is 0.0909. The minimum Gasteiger partial charge on any atom is -0.457 e. The van der Waals surface area contributed by atoms with Crippen LogP contribution in [0.2, 0.25) is 0 Å². The van der Waals surface area contributed by atoms with Crippen LogP contribution in [0.15, 0.2) is 84.9 Å². The van der Waals surface area contributed by atoms with Crippen molar-refractivity contribution in [1.82, 2.24) is 10.6 Å². The molecule has 0 aliphatic carbocycles. The molecule has 5 nitrogen and oxygen atoms in total. The molecule has 0 bridgehead atoms. The van der Waals surface area contributed by atoms with Crippen LogP contribution in [0.4, 0.5) is 0 Å². The van der Waals surface area contributed by atoms with Crippen molar-refractivity contribution >= 4 is 11.8 Å². The van der Waals surface area contributed by atoms with Crippen molar-refractivity contribution in [3.63, 3.8) is 0 Å². The summed E-state index contributed by atoms with van der Waals surface area (Å²) in [6.07, 6.45) is 0. The third-order valence-corrected chi connectivity index (χ3v) is 3.87. The summed E-state index contributed by atoms with van der Waals surface area (Å²) in [5.41, 5.74) is 1.37. The van der Waals surface area contributed by atoms with E-state index in [0.717, 1.165) is 11.3 Å². The molecular weight excluding hydrogens is 340 g/mol. The maximum atomic E-state index is 12.1. The summed E-state index contributed by atoms with van der Waals surface area (Å²) in [7, 11) is 0. The van der Waals surface area contributed by atoms with E-state index in [1.165, 1.54) is 0 Å². The number of hydrogen-bond donors (Lipinski definition) is 2. The van der Waals surface area contributed by atoms with Gasteiger partial charge in [0.2, 0.25) is 5.91 Å². The number of para-hydroxylation sites is 2. The molecular formula is C22H20N2O3. The van der Waals surface area contributed by atoms with Gasteiger partial charge >= 0.3 is 0 Å². The lowest BCUT2D eigenvalue weighted by Crippen LogP contribution is -2.36. The Bertz CT molecular complexity index is 896. The predicted octanol–water partition coefficient (Wildman–Crippen LogP) is 3.53. The molecule has 3 aromatic carbocycles. The Hall–Kier alpha value is -3.60. The van der Waals surface area contributed by atoms with Gasteiger partial charge in [0, 0.05) is 17.7 Å². The Balaban J connectivity index is 1.52. The summed E-state index contributed by atoms with van der Waals surface area (Å²) in [5.74, 6) is 0.857. The van der Waals surface area contributed by atoms with Gasteiger partial charge in [-0.05, 0) is 30.3 Å². The molecule has 0 heterocycles. The molecule has 0 radical (unpaired) electrons. The van der Waals surface area contributed by atoms with Crippen molar-refractivity contribution < 1.29 is 14.3 Å². The highest BCUT2D eigenvalue weighted by Crippen LogP contribution is 2.24. The van der Waals surface area contributed by atoms with Crippen molar-refractivity contribution in [3.05, 3.63) is 96.1 Å². The Morgan fingerprint density at radius 1 is 0.741 bits per heavy atom. The summed E-state index contributed by atoms with van der Waals surface area (Å²) in [6.45, 7) is 0.221. The zero-order valence-corrected chi connectivity index (χ0v) is 14.7. The molecule has 0 fully saturated rings. The predicted molar refractivity (Wildman–Crippen MR) is 104 cm³/mol. The number of amides is 2. The van der Waals surface area contributed by atoms with Crippen molar-refractivity contribution in [2.75, 3.05) is 6.54 Å². The number of hydrogen-bond acceptors (Lipinski definition) is 3. The van der Waals surface area contributed by atoms with Crippen molar-refractivity contribution in [1.29, 1.82) is 0 Å². The highest BCUT2D eigenvalue weighted by molar-refractivity contribution is 5.96. The zero-order chi connectivity index (χ0) is 18.9. The van der Waals surface area contributed by atoms with E-state index in [4.69, 9.17) is 4.74 Å². The van der Waals surface area contributed by atoms with Crippen LogP contribution in [-0.4, -0.2) is 18.4 Å². The molecule has 27 heavy (non-hydrogen) atoms. The summed E-state index contributed by atoms with van der Waals surface area (Å²) >= 11 is 0. The van der Waals surface area contributed by atoms with Crippen LogP contribution in [0, 0.1) is 0 Å². The second-order valence-corrected chi connectivity index (χ2v) is 5.85. The first-order chi connectivity index (χ1) is 13.2. The lowest BCUT2D eigenvalue weighted by molar-refractivity contribution is -0.120. The van der Waals surface area contributed by atoms with Gasteiger partial charge < -0.3 is 15.4 Å². The van der Waals surface area contributed by atoms with Crippen LogP contribution < -0.4 is 15.4 Å². The van der Waals surface area contributed by atoms with E-state index in [1.807, 2.05) is 60.7 Å². The molecule has 0 spiro atoms. The molecule has 0 saturated carbocycles. The molecule has 0 aliphatic heterocycles. The van der Waals surface area contributed by atoms with Gasteiger partial charge in [-0.1, -0.05) is 54.6 Å². The average Bonchev–Trinajstić information content (AvgIpc) is 2.73. The SMILES string of the molecule is O=C(CNC(=O)c1ccccc1)NCc1ccccc1Oc1ccccc1. The normalized spacial score (nSPS) is 10.1. The van der Waals surface area contributed by atoms with E-state index in [9.17, 15) is 9.59 Å². The van der Waals surface area contributed by atoms with E-state index in [2.05, 4.69) is 10.6 Å². The minimum atomic E-state index is -0.279. The summed E-state index contributed by atoms with van der Waals surface area (Å²) in [4.78, 5) is 24.0. The Morgan fingerprint density at radius 2 is 1.37 bits per heavy atom. The number of rotatable bonds is 7. The standard InChI is InChI=1S/C22H20N2O3/c25-21(16-24-22(26)17-9-3-1-4-10-17)23-15-18-11-7-8-14-20(18)27-19-12-5-2-6-13-19/h1-14H,15-16H2,(H,23,25)(H,24,26). The number of benzene rings is 3. The van der Waals surface area contributed by atoms with Crippen LogP contribution >= 0.6 is 0 Å². The lowest BCUT2D eigenvalue weighted by Gasteiger charge is -2.12. The second-order valence-electron chi connectivity index (χ2n) is 5.85.